The molecule has 0 heterocycles. The number of carboxylic acids is 1. The minimum Gasteiger partial charge on any atom is -0.478 e. The molecule has 0 unspecified atom stereocenters. The van der Waals surface area contributed by atoms with Crippen molar-refractivity contribution in [2.45, 2.75) is 13.8 Å². The van der Waals surface area contributed by atoms with Crippen LogP contribution in [0.25, 0.3) is 0 Å². The predicted molar refractivity (Wildman–Crippen MR) is 87.0 cm³/mol. The van der Waals surface area contributed by atoms with Gasteiger partial charge in [0.1, 0.15) is 0 Å². The number of aryl methyl sites for hydroxylation is 2. The van der Waals surface area contributed by atoms with Crippen molar-refractivity contribution in [1.29, 1.82) is 0 Å². The van der Waals surface area contributed by atoms with Crippen LogP contribution >= 0.6 is 39.1 Å². The number of hydrogen-bond acceptors (Lipinski definition) is 1. The molecule has 0 spiro atoms. The molecule has 0 aromatic heterocycles. The Bertz CT molecular complexity index is 627. The molecule has 0 radical (unpaired) electrons. The fourth-order valence-electron chi connectivity index (χ4n) is 1.39. The van der Waals surface area contributed by atoms with E-state index in [0.717, 1.165) is 15.1 Å². The van der Waals surface area contributed by atoms with E-state index in [1.807, 2.05) is 32.0 Å². The predicted octanol–water partition coefficient (Wildman–Crippen LogP) is 5.76. The molecule has 0 aliphatic rings. The lowest BCUT2D eigenvalue weighted by atomic mass is 10.1. The average molecular weight is 376 g/mol. The summed E-state index contributed by atoms with van der Waals surface area (Å²) in [6, 6.07) is 10.7. The molecule has 2 aromatic carbocycles. The standard InChI is InChI=1S/C8H7ClO2.C7H6BrCl/c1-5-2-3-6(8(10)11)7(9)4-5;1-5-2-3-6(8)7(9)4-5/h2-4H,1H3,(H,10,11);2-4H,1H3. The Labute approximate surface area is 136 Å². The minimum atomic E-state index is -0.991. The number of carbonyl (C=O) groups is 1. The van der Waals surface area contributed by atoms with Gasteiger partial charge in [-0.1, -0.05) is 35.3 Å². The smallest absolute Gasteiger partial charge is 0.337 e. The van der Waals surface area contributed by atoms with Gasteiger partial charge in [0.15, 0.2) is 0 Å². The fourth-order valence-corrected chi connectivity index (χ4v) is 2.19. The van der Waals surface area contributed by atoms with Crippen molar-refractivity contribution in [2.24, 2.45) is 0 Å². The molecule has 0 amide bonds. The Kier molecular flexibility index (Phi) is 6.53. The highest BCUT2D eigenvalue weighted by atomic mass is 79.9. The molecule has 0 atom stereocenters. The van der Waals surface area contributed by atoms with Gasteiger partial charge in [0.25, 0.3) is 0 Å². The first-order chi connectivity index (χ1) is 9.31. The van der Waals surface area contributed by atoms with Gasteiger partial charge in [-0.3, -0.25) is 0 Å². The van der Waals surface area contributed by atoms with Gasteiger partial charge in [-0.15, -0.1) is 0 Å². The monoisotopic (exact) mass is 374 g/mol. The summed E-state index contributed by atoms with van der Waals surface area (Å²) in [4.78, 5) is 10.4. The maximum absolute atomic E-state index is 10.4. The quantitative estimate of drug-likeness (QED) is 0.688. The summed E-state index contributed by atoms with van der Waals surface area (Å²) >= 11 is 14.7. The molecule has 0 fully saturated rings. The van der Waals surface area contributed by atoms with Crippen molar-refractivity contribution in [3.8, 4) is 0 Å². The van der Waals surface area contributed by atoms with Gasteiger partial charge in [0.2, 0.25) is 0 Å². The van der Waals surface area contributed by atoms with Gasteiger partial charge in [-0.25, -0.2) is 4.79 Å². The summed E-state index contributed by atoms with van der Waals surface area (Å²) < 4.78 is 0.953. The molecule has 20 heavy (non-hydrogen) atoms. The van der Waals surface area contributed by atoms with Gasteiger partial charge in [0.05, 0.1) is 15.6 Å². The molecule has 0 aliphatic carbocycles. The van der Waals surface area contributed by atoms with Gasteiger partial charge in [-0.2, -0.15) is 0 Å². The zero-order valence-corrected chi connectivity index (χ0v) is 14.1. The molecule has 1 N–H and O–H groups in total. The Balaban J connectivity index is 0.000000204. The fraction of sp³-hybridized carbons (Fsp3) is 0.133. The first-order valence-corrected chi connectivity index (χ1v) is 7.27. The molecule has 0 saturated carbocycles. The maximum Gasteiger partial charge on any atom is 0.337 e. The van der Waals surface area contributed by atoms with Crippen molar-refractivity contribution >= 4 is 45.1 Å². The third-order valence-corrected chi connectivity index (χ3v) is 3.98. The van der Waals surface area contributed by atoms with E-state index in [1.54, 1.807) is 12.1 Å². The van der Waals surface area contributed by atoms with E-state index < -0.39 is 5.97 Å². The molecule has 2 nitrogen and oxygen atoms in total. The van der Waals surface area contributed by atoms with E-state index >= 15 is 0 Å². The number of halogens is 3. The molecule has 2 aromatic rings. The van der Waals surface area contributed by atoms with Crippen LogP contribution in [0.4, 0.5) is 0 Å². The second-order valence-electron chi connectivity index (χ2n) is 4.21. The molecule has 5 heteroatoms. The Morgan fingerprint density at radius 3 is 1.90 bits per heavy atom. The molecule has 0 saturated heterocycles. The largest absolute Gasteiger partial charge is 0.478 e. The lowest BCUT2D eigenvalue weighted by Gasteiger charge is -1.98. The van der Waals surface area contributed by atoms with E-state index in [4.69, 9.17) is 28.3 Å². The van der Waals surface area contributed by atoms with Crippen molar-refractivity contribution in [3.05, 3.63) is 67.6 Å². The summed E-state index contributed by atoms with van der Waals surface area (Å²) in [5.41, 5.74) is 2.29. The topological polar surface area (TPSA) is 37.3 Å². The molecule has 2 rings (SSSR count). The molecule has 0 aliphatic heterocycles. The molecule has 106 valence electrons. The van der Waals surface area contributed by atoms with Crippen LogP contribution in [0, 0.1) is 13.8 Å². The van der Waals surface area contributed by atoms with Gasteiger partial charge >= 0.3 is 5.97 Å². The normalized spacial score (nSPS) is 9.65. The van der Waals surface area contributed by atoms with Crippen molar-refractivity contribution in [2.75, 3.05) is 0 Å². The minimum absolute atomic E-state index is 0.150. The highest BCUT2D eigenvalue weighted by Gasteiger charge is 2.06. The van der Waals surface area contributed by atoms with Crippen LogP contribution in [0.5, 0.6) is 0 Å². The SMILES string of the molecule is Cc1ccc(Br)c(Cl)c1.Cc1ccc(C(=O)O)c(Cl)c1. The summed E-state index contributed by atoms with van der Waals surface area (Å²) in [6.07, 6.45) is 0. The Morgan fingerprint density at radius 2 is 1.50 bits per heavy atom. The third-order valence-electron chi connectivity index (χ3n) is 2.43. The Hall–Kier alpha value is -1.03. The first kappa shape index (κ1) is 17.0. The van der Waals surface area contributed by atoms with Crippen molar-refractivity contribution in [3.63, 3.8) is 0 Å². The number of carboxylic acid groups (broad SMARTS) is 1. The lowest BCUT2D eigenvalue weighted by Crippen LogP contribution is -1.96. The zero-order chi connectivity index (χ0) is 15.3. The number of benzene rings is 2. The van der Waals surface area contributed by atoms with Crippen LogP contribution in [0.3, 0.4) is 0 Å². The molecule has 0 bridgehead atoms. The lowest BCUT2D eigenvalue weighted by molar-refractivity contribution is 0.0697. The van der Waals surface area contributed by atoms with E-state index in [-0.39, 0.29) is 10.6 Å². The molecular weight excluding hydrogens is 363 g/mol. The highest BCUT2D eigenvalue weighted by molar-refractivity contribution is 9.10. The summed E-state index contributed by atoms with van der Waals surface area (Å²) in [5, 5.41) is 9.63. The van der Waals surface area contributed by atoms with Crippen LogP contribution in [0.15, 0.2) is 40.9 Å². The second-order valence-corrected chi connectivity index (χ2v) is 5.87. The van der Waals surface area contributed by atoms with Crippen LogP contribution in [-0.2, 0) is 0 Å². The van der Waals surface area contributed by atoms with E-state index in [2.05, 4.69) is 15.9 Å². The summed E-state index contributed by atoms with van der Waals surface area (Å²) in [7, 11) is 0. The number of hydrogen-bond donors (Lipinski definition) is 1. The summed E-state index contributed by atoms with van der Waals surface area (Å²) in [6.45, 7) is 3.87. The first-order valence-electron chi connectivity index (χ1n) is 5.72. The van der Waals surface area contributed by atoms with E-state index in [1.165, 1.54) is 11.6 Å². The zero-order valence-electron chi connectivity index (χ0n) is 11.0. The molecular formula is C15H13BrCl2O2. The van der Waals surface area contributed by atoms with Gasteiger partial charge in [-0.05, 0) is 65.2 Å². The van der Waals surface area contributed by atoms with Gasteiger partial charge in [0, 0.05) is 4.47 Å². The third kappa shape index (κ3) is 5.16. The highest BCUT2D eigenvalue weighted by Crippen LogP contribution is 2.22. The number of rotatable bonds is 1. The maximum atomic E-state index is 10.4. The van der Waals surface area contributed by atoms with Crippen LogP contribution < -0.4 is 0 Å². The van der Waals surface area contributed by atoms with Crippen LogP contribution in [0.1, 0.15) is 21.5 Å². The van der Waals surface area contributed by atoms with Crippen molar-refractivity contribution in [1.82, 2.24) is 0 Å². The summed E-state index contributed by atoms with van der Waals surface area (Å²) in [5.74, 6) is -0.991. The van der Waals surface area contributed by atoms with Crippen LogP contribution in [-0.4, -0.2) is 11.1 Å². The van der Waals surface area contributed by atoms with Gasteiger partial charge < -0.3 is 5.11 Å². The Morgan fingerprint density at radius 1 is 1.00 bits per heavy atom. The average Bonchev–Trinajstić information content (AvgIpc) is 2.34. The van der Waals surface area contributed by atoms with E-state index in [9.17, 15) is 4.79 Å². The van der Waals surface area contributed by atoms with Crippen molar-refractivity contribution < 1.29 is 9.90 Å². The van der Waals surface area contributed by atoms with E-state index in [0.29, 0.717) is 0 Å². The second kappa shape index (κ2) is 7.67. The number of aromatic carboxylic acids is 1. The van der Waals surface area contributed by atoms with Crippen LogP contribution in [0.2, 0.25) is 10.0 Å².